The second-order valence-electron chi connectivity index (χ2n) is 9.41. The molecule has 0 atom stereocenters. The number of nitrogens with two attached hydrogens (primary N) is 2. The molecule has 7 N–H and O–H groups in total. The number of anilines is 1. The Kier molecular flexibility index (Phi) is 9.23. The lowest BCUT2D eigenvalue weighted by Crippen LogP contribution is -2.79. The van der Waals surface area contributed by atoms with Crippen LogP contribution in [0.25, 0.3) is 0 Å². The molecule has 0 aromatic heterocycles. The number of amides is 2. The Balaban J connectivity index is 1.51. The maximum Gasteiger partial charge on any atom is 0.416 e. The van der Waals surface area contributed by atoms with Crippen LogP contribution in [0.2, 0.25) is 5.02 Å². The number of carbonyl (C=O) groups is 2. The van der Waals surface area contributed by atoms with Gasteiger partial charge in [-0.15, -0.1) is 0 Å². The number of nitrogens with zero attached hydrogens (tertiary/aromatic N) is 2. The normalized spacial score (nSPS) is 16.6. The average Bonchev–Trinajstić information content (AvgIpc) is 2.92. The first kappa shape index (κ1) is 29.2. The monoisotopic (exact) mass is 578 g/mol. The van der Waals surface area contributed by atoms with Gasteiger partial charge in [0.1, 0.15) is 5.82 Å². The van der Waals surface area contributed by atoms with Gasteiger partial charge in [0.2, 0.25) is 0 Å². The van der Waals surface area contributed by atoms with Crippen LogP contribution in [0.1, 0.15) is 21.5 Å². The fourth-order valence-electron chi connectivity index (χ4n) is 4.59. The third-order valence-corrected chi connectivity index (χ3v) is 6.94. The molecule has 2 aromatic carbocycles. The number of hydrogen-bond acceptors (Lipinski definition) is 6. The predicted octanol–water partition coefficient (Wildman–Crippen LogP) is 1.65. The van der Waals surface area contributed by atoms with Crippen LogP contribution in [0.5, 0.6) is 0 Å². The van der Waals surface area contributed by atoms with E-state index in [1.165, 1.54) is 18.2 Å². The van der Waals surface area contributed by atoms with Gasteiger partial charge in [-0.2, -0.15) is 13.2 Å². The van der Waals surface area contributed by atoms with Crippen LogP contribution in [0.4, 0.5) is 18.9 Å². The largest absolute Gasteiger partial charge is 0.416 e. The van der Waals surface area contributed by atoms with E-state index in [0.717, 1.165) is 19.2 Å². The van der Waals surface area contributed by atoms with E-state index < -0.39 is 17.6 Å². The van der Waals surface area contributed by atoms with Gasteiger partial charge in [0.05, 0.1) is 18.3 Å². The van der Waals surface area contributed by atoms with Crippen LogP contribution in [0.3, 0.4) is 0 Å². The lowest BCUT2D eigenvalue weighted by atomic mass is 10.1. The highest BCUT2D eigenvalue weighted by molar-refractivity contribution is 6.30. The summed E-state index contributed by atoms with van der Waals surface area (Å²) in [6.07, 6.45) is -3.01. The molecule has 2 heterocycles. The van der Waals surface area contributed by atoms with Crippen molar-refractivity contribution in [2.24, 2.45) is 5.73 Å². The van der Waals surface area contributed by atoms with Gasteiger partial charge in [-0.1, -0.05) is 11.6 Å². The minimum atomic E-state index is -4.55. The zero-order valence-corrected chi connectivity index (χ0v) is 22.7. The van der Waals surface area contributed by atoms with Crippen molar-refractivity contribution in [3.05, 3.63) is 87.5 Å². The number of halogens is 4. The van der Waals surface area contributed by atoms with Crippen molar-refractivity contribution < 1.29 is 28.1 Å². The fraction of sp³-hybridized carbons (Fsp3) is 0.333. The van der Waals surface area contributed by atoms with Crippen LogP contribution in [0.15, 0.2) is 65.8 Å². The first-order valence-corrected chi connectivity index (χ1v) is 13.2. The van der Waals surface area contributed by atoms with Crippen LogP contribution in [-0.2, 0) is 17.5 Å². The van der Waals surface area contributed by atoms with Crippen molar-refractivity contribution in [2.75, 3.05) is 51.6 Å². The summed E-state index contributed by atoms with van der Waals surface area (Å²) < 4.78 is 40.9. The Morgan fingerprint density at radius 3 is 2.45 bits per heavy atom. The van der Waals surface area contributed by atoms with Gasteiger partial charge >= 0.3 is 12.1 Å². The quantitative estimate of drug-likeness (QED) is 0.319. The van der Waals surface area contributed by atoms with Gasteiger partial charge < -0.3 is 36.8 Å². The molecular weight excluding hydrogens is 547 g/mol. The summed E-state index contributed by atoms with van der Waals surface area (Å²) in [4.78, 5) is 29.3. The number of nitrogens with one attached hydrogen (secondary N) is 3. The number of allylic oxidation sites excluding steroid dienone is 1. The van der Waals surface area contributed by atoms with Gasteiger partial charge in [-0.3, -0.25) is 9.59 Å². The molecule has 2 amide bonds. The Morgan fingerprint density at radius 2 is 1.80 bits per heavy atom. The molecule has 0 aliphatic carbocycles. The first-order chi connectivity index (χ1) is 19.1. The molecule has 2 aliphatic rings. The minimum absolute atomic E-state index is 0.00235. The molecule has 9 nitrogen and oxygen atoms in total. The van der Waals surface area contributed by atoms with Crippen molar-refractivity contribution in [1.82, 2.24) is 20.4 Å². The third-order valence-electron chi connectivity index (χ3n) is 6.71. The van der Waals surface area contributed by atoms with E-state index in [2.05, 4.69) is 16.0 Å². The predicted molar refractivity (Wildman–Crippen MR) is 146 cm³/mol. The van der Waals surface area contributed by atoms with Gasteiger partial charge in [-0.05, 0) is 48.0 Å². The van der Waals surface area contributed by atoms with Crippen molar-refractivity contribution in [2.45, 2.75) is 12.7 Å². The third kappa shape index (κ3) is 7.06. The molecular formula is C27H32ClF3N7O2+. The summed E-state index contributed by atoms with van der Waals surface area (Å²) in [6, 6.07) is 10.1. The molecule has 0 spiro atoms. The lowest BCUT2D eigenvalue weighted by Gasteiger charge is -2.32. The van der Waals surface area contributed by atoms with Crippen LogP contribution in [-0.4, -0.2) is 67.9 Å². The summed E-state index contributed by atoms with van der Waals surface area (Å²) in [7, 11) is 1.68. The maximum atomic E-state index is 13.6. The maximum absolute atomic E-state index is 13.6. The van der Waals surface area contributed by atoms with Crippen molar-refractivity contribution in [1.29, 1.82) is 0 Å². The number of benzene rings is 2. The number of likely N-dealkylation sites (N-methyl/N-ethyl adjacent to an activating group) is 1. The SMILES string of the molecule is C[NH2+]/C(=C\C1=C(N)NCCN1Cc1cc(Cl)ccc1C(F)(F)F)C(=O)Nc1ccc(C(=O)N2CCNCC2)cc1. The molecule has 214 valence electrons. The highest BCUT2D eigenvalue weighted by Crippen LogP contribution is 2.34. The average molecular weight is 579 g/mol. The molecule has 2 aliphatic heterocycles. The topological polar surface area (TPSA) is 119 Å². The van der Waals surface area contributed by atoms with E-state index in [-0.39, 0.29) is 34.6 Å². The second-order valence-corrected chi connectivity index (χ2v) is 9.84. The smallest absolute Gasteiger partial charge is 0.384 e. The molecule has 13 heteroatoms. The summed E-state index contributed by atoms with van der Waals surface area (Å²) in [6.45, 7) is 3.44. The van der Waals surface area contributed by atoms with Crippen LogP contribution < -0.4 is 27.0 Å². The minimum Gasteiger partial charge on any atom is -0.384 e. The van der Waals surface area contributed by atoms with Gasteiger partial charge in [0.15, 0.2) is 5.70 Å². The number of rotatable bonds is 7. The first-order valence-electron chi connectivity index (χ1n) is 12.8. The summed E-state index contributed by atoms with van der Waals surface area (Å²) in [5.74, 6) is -0.263. The molecule has 40 heavy (non-hydrogen) atoms. The number of quaternary nitrogens is 1. The highest BCUT2D eigenvalue weighted by Gasteiger charge is 2.34. The number of hydrogen-bond donors (Lipinski definition) is 5. The number of alkyl halides is 3. The number of carbonyl (C=O) groups excluding carboxylic acids is 2. The standard InChI is InChI=1S/C27H31ClF3N7O2/c1-33-22(25(39)36-20-5-2-17(3-6-20)26(40)37-11-8-34-9-12-37)15-23-24(32)35-10-13-38(23)16-18-14-19(28)4-7-21(18)27(29,30)31/h2-7,14-15,33-35H,8-13,16,32H2,1H3,(H,36,39)/p+1/b22-15-. The molecule has 0 bridgehead atoms. The molecule has 4 rings (SSSR count). The summed E-state index contributed by atoms with van der Waals surface area (Å²) in [5.41, 5.74) is 7.07. The zero-order chi connectivity index (χ0) is 28.9. The molecule has 2 aromatic rings. The molecule has 0 unspecified atom stereocenters. The highest BCUT2D eigenvalue weighted by atomic mass is 35.5. The van der Waals surface area contributed by atoms with E-state index in [1.807, 2.05) is 0 Å². The molecule has 0 saturated carbocycles. The van der Waals surface area contributed by atoms with E-state index in [9.17, 15) is 22.8 Å². The Bertz CT molecular complexity index is 1310. The van der Waals surface area contributed by atoms with Crippen molar-refractivity contribution in [3.63, 3.8) is 0 Å². The molecule has 1 saturated heterocycles. The second kappa shape index (κ2) is 12.6. The fourth-order valence-corrected chi connectivity index (χ4v) is 4.79. The van der Waals surface area contributed by atoms with Crippen molar-refractivity contribution in [3.8, 4) is 0 Å². The van der Waals surface area contributed by atoms with Crippen molar-refractivity contribution >= 4 is 29.1 Å². The van der Waals surface area contributed by atoms with E-state index in [4.69, 9.17) is 17.3 Å². The van der Waals surface area contributed by atoms with E-state index in [0.29, 0.717) is 43.1 Å². The van der Waals surface area contributed by atoms with Gasteiger partial charge in [-0.25, -0.2) is 0 Å². The summed E-state index contributed by atoms with van der Waals surface area (Å²) >= 11 is 6.01. The number of piperazine rings is 1. The molecule has 0 radical (unpaired) electrons. The van der Waals surface area contributed by atoms with E-state index in [1.54, 1.807) is 46.4 Å². The van der Waals surface area contributed by atoms with Crippen LogP contribution in [0, 0.1) is 0 Å². The Hall–Kier alpha value is -3.74. The lowest BCUT2D eigenvalue weighted by molar-refractivity contribution is -0.569. The van der Waals surface area contributed by atoms with Crippen LogP contribution >= 0.6 is 11.6 Å². The Morgan fingerprint density at radius 1 is 1.10 bits per heavy atom. The molecule has 1 fully saturated rings. The summed E-state index contributed by atoms with van der Waals surface area (Å²) in [5, 5.41) is 10.8. The van der Waals surface area contributed by atoms with Gasteiger partial charge in [0.25, 0.3) is 5.91 Å². The Labute approximate surface area is 235 Å². The van der Waals surface area contributed by atoms with E-state index >= 15 is 0 Å². The zero-order valence-electron chi connectivity index (χ0n) is 21.9. The van der Waals surface area contributed by atoms with Gasteiger partial charge in [0, 0.05) is 68.2 Å².